The predicted octanol–water partition coefficient (Wildman–Crippen LogP) is 2.55. The van der Waals surface area contributed by atoms with E-state index in [1.165, 1.54) is 11.3 Å². The predicted molar refractivity (Wildman–Crippen MR) is 85.8 cm³/mol. The van der Waals surface area contributed by atoms with Crippen LogP contribution in [0.25, 0.3) is 0 Å². The van der Waals surface area contributed by atoms with Gasteiger partial charge in [-0.15, -0.1) is 0 Å². The van der Waals surface area contributed by atoms with Crippen molar-refractivity contribution < 1.29 is 9.53 Å². The summed E-state index contributed by atoms with van der Waals surface area (Å²) in [5.74, 6) is 1.08. The number of aromatic nitrogens is 1. The molecular formula is C18H22N2O2. The smallest absolute Gasteiger partial charge is 0.223 e. The number of hydrogen-bond donors (Lipinski definition) is 0. The second-order valence-electron chi connectivity index (χ2n) is 5.82. The van der Waals surface area contributed by atoms with E-state index in [1.807, 2.05) is 29.2 Å². The summed E-state index contributed by atoms with van der Waals surface area (Å²) in [5.41, 5.74) is 3.78. The molecule has 0 N–H and O–H groups in total. The molecule has 1 aliphatic rings. The summed E-state index contributed by atoms with van der Waals surface area (Å²) in [7, 11) is 3.73. The average molecular weight is 298 g/mol. The van der Waals surface area contributed by atoms with E-state index in [9.17, 15) is 4.79 Å². The van der Waals surface area contributed by atoms with E-state index in [2.05, 4.69) is 23.9 Å². The molecule has 0 radical (unpaired) electrons. The molecule has 1 aliphatic heterocycles. The second-order valence-corrected chi connectivity index (χ2v) is 5.82. The highest BCUT2D eigenvalue weighted by Crippen LogP contribution is 2.21. The van der Waals surface area contributed by atoms with Crippen LogP contribution in [0.5, 0.6) is 5.75 Å². The number of rotatable bonds is 4. The van der Waals surface area contributed by atoms with Crippen LogP contribution in [0.4, 0.5) is 0 Å². The molecule has 0 saturated carbocycles. The molecule has 1 aromatic heterocycles. The minimum Gasteiger partial charge on any atom is -0.497 e. The Labute approximate surface area is 131 Å². The fraction of sp³-hybridized carbons (Fsp3) is 0.389. The van der Waals surface area contributed by atoms with Gasteiger partial charge in [0.2, 0.25) is 5.91 Å². The Morgan fingerprint density at radius 2 is 2.18 bits per heavy atom. The van der Waals surface area contributed by atoms with E-state index in [-0.39, 0.29) is 5.91 Å². The fourth-order valence-electron chi connectivity index (χ4n) is 3.07. The van der Waals surface area contributed by atoms with Gasteiger partial charge in [0.05, 0.1) is 7.11 Å². The van der Waals surface area contributed by atoms with Crippen molar-refractivity contribution in [3.63, 3.8) is 0 Å². The number of carbonyl (C=O) groups excluding carboxylic acids is 1. The number of amides is 1. The maximum Gasteiger partial charge on any atom is 0.223 e. The lowest BCUT2D eigenvalue weighted by molar-refractivity contribution is -0.132. The summed E-state index contributed by atoms with van der Waals surface area (Å²) >= 11 is 0. The molecule has 2 aromatic rings. The zero-order valence-corrected chi connectivity index (χ0v) is 13.2. The van der Waals surface area contributed by atoms with Crippen molar-refractivity contribution in [3.05, 3.63) is 53.3 Å². The Bertz CT molecular complexity index is 675. The van der Waals surface area contributed by atoms with Crippen LogP contribution in [0.15, 0.2) is 36.5 Å². The van der Waals surface area contributed by atoms with Crippen LogP contribution in [0.1, 0.15) is 23.2 Å². The molecule has 0 atom stereocenters. The molecule has 0 unspecified atom stereocenters. The number of hydrogen-bond acceptors (Lipinski definition) is 2. The highest BCUT2D eigenvalue weighted by atomic mass is 16.5. The number of benzene rings is 1. The lowest BCUT2D eigenvalue weighted by atomic mass is 10.1. The summed E-state index contributed by atoms with van der Waals surface area (Å²) < 4.78 is 7.38. The van der Waals surface area contributed by atoms with Gasteiger partial charge in [-0.3, -0.25) is 4.79 Å². The van der Waals surface area contributed by atoms with E-state index in [0.717, 1.165) is 37.2 Å². The van der Waals surface area contributed by atoms with Crippen LogP contribution in [-0.2, 0) is 31.2 Å². The molecule has 0 aliphatic carbocycles. The van der Waals surface area contributed by atoms with Gasteiger partial charge < -0.3 is 14.2 Å². The minimum atomic E-state index is 0.234. The number of aryl methyl sites for hydroxylation is 2. The first kappa shape index (κ1) is 14.7. The highest BCUT2D eigenvalue weighted by Gasteiger charge is 2.22. The molecule has 22 heavy (non-hydrogen) atoms. The molecule has 0 saturated heterocycles. The van der Waals surface area contributed by atoms with Gasteiger partial charge >= 0.3 is 0 Å². The lowest BCUT2D eigenvalue weighted by Gasteiger charge is -2.28. The zero-order chi connectivity index (χ0) is 15.5. The number of nitrogens with zero attached hydrogens (tertiary/aromatic N) is 2. The third-order valence-corrected chi connectivity index (χ3v) is 4.39. The van der Waals surface area contributed by atoms with Gasteiger partial charge in [-0.1, -0.05) is 12.1 Å². The van der Waals surface area contributed by atoms with Gasteiger partial charge in [0.1, 0.15) is 5.75 Å². The molecule has 0 bridgehead atoms. The Kier molecular flexibility index (Phi) is 4.18. The Morgan fingerprint density at radius 1 is 1.32 bits per heavy atom. The summed E-state index contributed by atoms with van der Waals surface area (Å²) in [6, 6.07) is 10.1. The highest BCUT2D eigenvalue weighted by molar-refractivity contribution is 5.76. The molecule has 116 valence electrons. The van der Waals surface area contributed by atoms with Crippen molar-refractivity contribution in [1.82, 2.24) is 9.47 Å². The van der Waals surface area contributed by atoms with E-state index < -0.39 is 0 Å². The Hall–Kier alpha value is -2.23. The standard InChI is InChI=1S/C18H22N2O2/c1-19-10-8-15-13-20(11-9-17(15)19)18(21)7-6-14-4-3-5-16(12-14)22-2/h3-5,8,10,12H,6-7,9,11,13H2,1-2H3. The fourth-order valence-corrected chi connectivity index (χ4v) is 3.07. The maximum atomic E-state index is 12.4. The van der Waals surface area contributed by atoms with Crippen molar-refractivity contribution in [2.45, 2.75) is 25.8 Å². The van der Waals surface area contributed by atoms with Gasteiger partial charge in [-0.05, 0) is 35.7 Å². The third kappa shape index (κ3) is 3.01. The molecular weight excluding hydrogens is 276 g/mol. The van der Waals surface area contributed by atoms with E-state index in [4.69, 9.17) is 4.74 Å². The van der Waals surface area contributed by atoms with Gasteiger partial charge in [0.25, 0.3) is 0 Å². The van der Waals surface area contributed by atoms with Gasteiger partial charge in [0, 0.05) is 44.9 Å². The van der Waals surface area contributed by atoms with Gasteiger partial charge in [0.15, 0.2) is 0 Å². The summed E-state index contributed by atoms with van der Waals surface area (Å²) in [6.07, 6.45) is 4.34. The SMILES string of the molecule is COc1cccc(CCC(=O)N2CCc3c(ccn3C)C2)c1. The third-order valence-electron chi connectivity index (χ3n) is 4.39. The first-order valence-electron chi connectivity index (χ1n) is 7.71. The second kappa shape index (κ2) is 6.26. The monoisotopic (exact) mass is 298 g/mol. The number of carbonyl (C=O) groups is 1. The van der Waals surface area contributed by atoms with Gasteiger partial charge in [-0.2, -0.15) is 0 Å². The van der Waals surface area contributed by atoms with E-state index >= 15 is 0 Å². The van der Waals surface area contributed by atoms with Crippen molar-refractivity contribution >= 4 is 5.91 Å². The maximum absolute atomic E-state index is 12.4. The number of methoxy groups -OCH3 is 1. The van der Waals surface area contributed by atoms with Crippen molar-refractivity contribution in [1.29, 1.82) is 0 Å². The molecule has 2 heterocycles. The number of ether oxygens (including phenoxy) is 1. The summed E-state index contributed by atoms with van der Waals surface area (Å²) in [6.45, 7) is 1.56. The Morgan fingerprint density at radius 3 is 3.00 bits per heavy atom. The first-order chi connectivity index (χ1) is 10.7. The average Bonchev–Trinajstić information content (AvgIpc) is 2.93. The molecule has 1 aromatic carbocycles. The van der Waals surface area contributed by atoms with Crippen LogP contribution < -0.4 is 4.74 Å². The molecule has 3 rings (SSSR count). The molecule has 1 amide bonds. The topological polar surface area (TPSA) is 34.5 Å². The zero-order valence-electron chi connectivity index (χ0n) is 13.2. The summed E-state index contributed by atoms with van der Waals surface area (Å²) in [4.78, 5) is 14.4. The van der Waals surface area contributed by atoms with Crippen molar-refractivity contribution in [2.24, 2.45) is 7.05 Å². The normalized spacial score (nSPS) is 13.8. The number of fused-ring (bicyclic) bond motifs is 1. The van der Waals surface area contributed by atoms with E-state index in [1.54, 1.807) is 7.11 Å². The first-order valence-corrected chi connectivity index (χ1v) is 7.71. The van der Waals surface area contributed by atoms with Gasteiger partial charge in [-0.25, -0.2) is 0 Å². The summed E-state index contributed by atoms with van der Waals surface area (Å²) in [5, 5.41) is 0. The molecule has 0 fully saturated rings. The van der Waals surface area contributed by atoms with Crippen molar-refractivity contribution in [3.8, 4) is 5.75 Å². The molecule has 4 heteroatoms. The van der Waals surface area contributed by atoms with Crippen LogP contribution in [0.2, 0.25) is 0 Å². The largest absolute Gasteiger partial charge is 0.497 e. The van der Waals surface area contributed by atoms with E-state index in [0.29, 0.717) is 6.42 Å². The van der Waals surface area contributed by atoms with Crippen LogP contribution in [0, 0.1) is 0 Å². The van der Waals surface area contributed by atoms with Crippen LogP contribution in [0.3, 0.4) is 0 Å². The van der Waals surface area contributed by atoms with Crippen LogP contribution >= 0.6 is 0 Å². The minimum absolute atomic E-state index is 0.234. The van der Waals surface area contributed by atoms with Crippen molar-refractivity contribution in [2.75, 3.05) is 13.7 Å². The Balaban J connectivity index is 1.58. The quantitative estimate of drug-likeness (QED) is 0.869. The van der Waals surface area contributed by atoms with Crippen LogP contribution in [-0.4, -0.2) is 29.0 Å². The lowest BCUT2D eigenvalue weighted by Crippen LogP contribution is -2.36. The molecule has 4 nitrogen and oxygen atoms in total. The molecule has 0 spiro atoms.